The molecular weight excluding hydrogens is 267 g/mol. The van der Waals surface area contributed by atoms with E-state index in [1.165, 1.54) is 7.11 Å². The number of allylic oxidation sites excluding steroid dienone is 1. The zero-order chi connectivity index (χ0) is 13.3. The summed E-state index contributed by atoms with van der Waals surface area (Å²) in [7, 11) is 1.50. The molecule has 1 aromatic carbocycles. The van der Waals surface area contributed by atoms with E-state index in [0.29, 0.717) is 17.5 Å². The average molecular weight is 275 g/mol. The minimum atomic E-state index is -4.85. The maximum atomic E-state index is 12.1. The zero-order valence-electron chi connectivity index (χ0n) is 9.17. The van der Waals surface area contributed by atoms with Crippen LogP contribution in [-0.2, 0) is 4.79 Å². The van der Waals surface area contributed by atoms with Gasteiger partial charge in [0.25, 0.3) is 5.78 Å². The Morgan fingerprint density at radius 3 is 2.78 bits per heavy atom. The first-order chi connectivity index (χ1) is 8.40. The smallest absolute Gasteiger partial charge is 0.454 e. The topological polar surface area (TPSA) is 38.3 Å². The summed E-state index contributed by atoms with van der Waals surface area (Å²) in [5, 5.41) is 2.89. The number of alkyl halides is 3. The van der Waals surface area contributed by atoms with Gasteiger partial charge < -0.3 is 10.1 Å². The molecular formula is C11H8F3NO2S. The van der Waals surface area contributed by atoms with Crippen LogP contribution >= 0.6 is 11.8 Å². The number of ether oxygens (including phenoxy) is 1. The number of hydrogen-bond acceptors (Lipinski definition) is 4. The van der Waals surface area contributed by atoms with Gasteiger partial charge in [-0.3, -0.25) is 4.79 Å². The number of carbonyl (C=O) groups excluding carboxylic acids is 1. The second-order valence-corrected chi connectivity index (χ2v) is 4.54. The van der Waals surface area contributed by atoms with E-state index in [2.05, 4.69) is 5.32 Å². The molecule has 0 aliphatic carbocycles. The van der Waals surface area contributed by atoms with Crippen molar-refractivity contribution < 1.29 is 22.7 Å². The van der Waals surface area contributed by atoms with Crippen molar-refractivity contribution in [3.05, 3.63) is 29.3 Å². The predicted octanol–water partition coefficient (Wildman–Crippen LogP) is 3.19. The summed E-state index contributed by atoms with van der Waals surface area (Å²) in [6, 6.07) is 5.05. The maximum Gasteiger partial charge on any atom is 0.454 e. The van der Waals surface area contributed by atoms with Gasteiger partial charge in [-0.2, -0.15) is 13.2 Å². The summed E-state index contributed by atoms with van der Waals surface area (Å²) >= 11 is 1.06. The van der Waals surface area contributed by atoms with E-state index in [-0.39, 0.29) is 5.03 Å². The number of methoxy groups -OCH3 is 1. The van der Waals surface area contributed by atoms with Gasteiger partial charge in [-0.15, -0.1) is 0 Å². The molecule has 7 heteroatoms. The summed E-state index contributed by atoms with van der Waals surface area (Å²) in [6.45, 7) is 0. The van der Waals surface area contributed by atoms with Crippen molar-refractivity contribution in [3.8, 4) is 5.75 Å². The molecule has 0 saturated heterocycles. The van der Waals surface area contributed by atoms with E-state index >= 15 is 0 Å². The Morgan fingerprint density at radius 1 is 1.44 bits per heavy atom. The molecule has 0 aromatic heterocycles. The molecule has 0 radical (unpaired) electrons. The van der Waals surface area contributed by atoms with Gasteiger partial charge in [-0.25, -0.2) is 0 Å². The van der Waals surface area contributed by atoms with Gasteiger partial charge in [0.05, 0.1) is 17.8 Å². The number of benzene rings is 1. The number of hydrogen-bond donors (Lipinski definition) is 1. The Hall–Kier alpha value is -1.63. The number of nitrogens with one attached hydrogen (secondary N) is 1. The molecule has 0 bridgehead atoms. The predicted molar refractivity (Wildman–Crippen MR) is 61.6 cm³/mol. The van der Waals surface area contributed by atoms with Crippen LogP contribution in [0.2, 0.25) is 0 Å². The molecule has 18 heavy (non-hydrogen) atoms. The minimum absolute atomic E-state index is 0.153. The highest BCUT2D eigenvalue weighted by atomic mass is 32.2. The van der Waals surface area contributed by atoms with Crippen LogP contribution in [0.1, 0.15) is 0 Å². The first kappa shape index (κ1) is 12.8. The lowest BCUT2D eigenvalue weighted by Crippen LogP contribution is -2.20. The number of fused-ring (bicyclic) bond motifs is 1. The quantitative estimate of drug-likeness (QED) is 0.841. The molecule has 1 aliphatic rings. The van der Waals surface area contributed by atoms with E-state index in [4.69, 9.17) is 4.74 Å². The maximum absolute atomic E-state index is 12.1. The van der Waals surface area contributed by atoms with Crippen molar-refractivity contribution in [1.82, 2.24) is 0 Å². The molecule has 2 rings (SSSR count). The molecule has 0 saturated carbocycles. The van der Waals surface area contributed by atoms with Gasteiger partial charge in [0, 0.05) is 11.0 Å². The number of rotatable bonds is 2. The van der Waals surface area contributed by atoms with Gasteiger partial charge in [0.15, 0.2) is 0 Å². The van der Waals surface area contributed by atoms with E-state index in [9.17, 15) is 18.0 Å². The fourth-order valence-electron chi connectivity index (χ4n) is 1.36. The van der Waals surface area contributed by atoms with Crippen molar-refractivity contribution in [3.63, 3.8) is 0 Å². The molecule has 1 N–H and O–H groups in total. The van der Waals surface area contributed by atoms with E-state index in [0.717, 1.165) is 16.7 Å². The monoisotopic (exact) mass is 275 g/mol. The number of thioether (sulfide) groups is 1. The lowest BCUT2D eigenvalue weighted by molar-refractivity contribution is -0.165. The first-order valence-electron chi connectivity index (χ1n) is 4.86. The standard InChI is InChI=1S/C11H8F3NO2S/c1-17-6-2-3-7-8(4-6)18-10(15-7)5-9(16)11(12,13)14/h2-5,15H,1H3. The fourth-order valence-corrected chi connectivity index (χ4v) is 2.33. The van der Waals surface area contributed by atoms with Crippen molar-refractivity contribution in [2.24, 2.45) is 0 Å². The average Bonchev–Trinajstić information content (AvgIpc) is 2.68. The molecule has 0 fully saturated rings. The third-order valence-corrected chi connectivity index (χ3v) is 3.21. The molecule has 0 amide bonds. The molecule has 1 aliphatic heterocycles. The SMILES string of the molecule is COc1ccc2c(c1)SC(=CC(=O)C(F)(F)F)N2. The third-order valence-electron chi connectivity index (χ3n) is 2.21. The normalized spacial score (nSPS) is 16.3. The van der Waals surface area contributed by atoms with Crippen LogP contribution in [0.4, 0.5) is 18.9 Å². The number of halogens is 3. The summed E-state index contributed by atoms with van der Waals surface area (Å²) in [5.41, 5.74) is 0.655. The third kappa shape index (κ3) is 2.61. The van der Waals surface area contributed by atoms with Gasteiger partial charge >= 0.3 is 6.18 Å². The van der Waals surface area contributed by atoms with Crippen LogP contribution in [0.5, 0.6) is 5.75 Å². The summed E-state index contributed by atoms with van der Waals surface area (Å²) in [6.07, 6.45) is -4.29. The van der Waals surface area contributed by atoms with Gasteiger partial charge in [0.2, 0.25) is 0 Å². The Balaban J connectivity index is 2.20. The van der Waals surface area contributed by atoms with Crippen LogP contribution < -0.4 is 10.1 Å². The molecule has 0 atom stereocenters. The van der Waals surface area contributed by atoms with Crippen LogP contribution in [0, 0.1) is 0 Å². The highest BCUT2D eigenvalue weighted by Crippen LogP contribution is 2.42. The molecule has 1 heterocycles. The Labute approximate surface area is 105 Å². The number of anilines is 1. The largest absolute Gasteiger partial charge is 0.497 e. The highest BCUT2D eigenvalue weighted by Gasteiger charge is 2.37. The van der Waals surface area contributed by atoms with Crippen LogP contribution in [-0.4, -0.2) is 19.1 Å². The van der Waals surface area contributed by atoms with E-state index < -0.39 is 12.0 Å². The van der Waals surface area contributed by atoms with Gasteiger partial charge in [-0.1, -0.05) is 11.8 Å². The molecule has 0 unspecified atom stereocenters. The Kier molecular flexibility index (Phi) is 3.25. The summed E-state index contributed by atoms with van der Waals surface area (Å²) in [5.74, 6) is -1.27. The van der Waals surface area contributed by atoms with Gasteiger partial charge in [0.1, 0.15) is 5.75 Å². The van der Waals surface area contributed by atoms with Crippen molar-refractivity contribution >= 4 is 23.2 Å². The lowest BCUT2D eigenvalue weighted by Gasteiger charge is -2.02. The minimum Gasteiger partial charge on any atom is -0.497 e. The first-order valence-corrected chi connectivity index (χ1v) is 5.67. The lowest BCUT2D eigenvalue weighted by atomic mass is 10.3. The highest BCUT2D eigenvalue weighted by molar-refractivity contribution is 8.03. The van der Waals surface area contributed by atoms with Crippen LogP contribution in [0.15, 0.2) is 34.2 Å². The molecule has 3 nitrogen and oxygen atoms in total. The van der Waals surface area contributed by atoms with E-state index in [1.54, 1.807) is 18.2 Å². The fraction of sp³-hybridized carbons (Fsp3) is 0.182. The molecule has 0 spiro atoms. The summed E-state index contributed by atoms with van der Waals surface area (Å²) < 4.78 is 41.3. The zero-order valence-corrected chi connectivity index (χ0v) is 9.98. The van der Waals surface area contributed by atoms with Crippen LogP contribution in [0.25, 0.3) is 0 Å². The second kappa shape index (κ2) is 4.56. The Bertz CT molecular complexity index is 526. The van der Waals surface area contributed by atoms with Crippen LogP contribution in [0.3, 0.4) is 0 Å². The van der Waals surface area contributed by atoms with E-state index in [1.807, 2.05) is 0 Å². The Morgan fingerprint density at radius 2 is 2.17 bits per heavy atom. The molecule has 96 valence electrons. The second-order valence-electron chi connectivity index (χ2n) is 3.46. The molecule has 1 aromatic rings. The number of ketones is 1. The summed E-state index contributed by atoms with van der Waals surface area (Å²) in [4.78, 5) is 11.5. The number of carbonyl (C=O) groups is 1. The van der Waals surface area contributed by atoms with Crippen molar-refractivity contribution in [1.29, 1.82) is 0 Å². The van der Waals surface area contributed by atoms with Crippen molar-refractivity contribution in [2.75, 3.05) is 12.4 Å². The van der Waals surface area contributed by atoms with Crippen molar-refractivity contribution in [2.45, 2.75) is 11.1 Å². The van der Waals surface area contributed by atoms with Gasteiger partial charge in [-0.05, 0) is 18.2 Å².